The summed E-state index contributed by atoms with van der Waals surface area (Å²) in [6, 6.07) is 8.07. The van der Waals surface area contributed by atoms with E-state index in [4.69, 9.17) is 17.3 Å². The van der Waals surface area contributed by atoms with Gasteiger partial charge in [0, 0.05) is 10.6 Å². The first-order chi connectivity index (χ1) is 7.24. The normalized spacial score (nSPS) is 38.5. The fraction of sp³-hybridized carbons (Fsp3) is 0.538. The first-order valence-electron chi connectivity index (χ1n) is 5.78. The van der Waals surface area contributed by atoms with E-state index in [1.165, 1.54) is 31.2 Å². The van der Waals surface area contributed by atoms with Gasteiger partial charge < -0.3 is 5.73 Å². The van der Waals surface area contributed by atoms with E-state index in [2.05, 4.69) is 6.07 Å². The molecule has 0 bridgehead atoms. The van der Waals surface area contributed by atoms with Crippen molar-refractivity contribution >= 4 is 11.6 Å². The Kier molecular flexibility index (Phi) is 2.08. The third kappa shape index (κ3) is 1.26. The number of nitrogens with two attached hydrogens (primary N) is 1. The summed E-state index contributed by atoms with van der Waals surface area (Å²) in [5, 5.41) is 0.842. The molecule has 1 nitrogen and oxygen atoms in total. The van der Waals surface area contributed by atoms with Crippen LogP contribution in [0.5, 0.6) is 0 Å². The van der Waals surface area contributed by atoms with Gasteiger partial charge >= 0.3 is 0 Å². The Bertz CT molecular complexity index is 376. The van der Waals surface area contributed by atoms with Crippen molar-refractivity contribution in [3.05, 3.63) is 34.9 Å². The molecule has 2 aliphatic carbocycles. The van der Waals surface area contributed by atoms with Crippen LogP contribution in [0.25, 0.3) is 0 Å². The van der Waals surface area contributed by atoms with Gasteiger partial charge in [-0.15, -0.1) is 0 Å². The monoisotopic (exact) mass is 221 g/mol. The molecule has 2 aliphatic rings. The lowest BCUT2D eigenvalue weighted by atomic mass is 10.0. The summed E-state index contributed by atoms with van der Waals surface area (Å²) in [6.45, 7) is 0. The summed E-state index contributed by atoms with van der Waals surface area (Å²) < 4.78 is 0. The molecule has 2 N–H and O–H groups in total. The molecule has 0 amide bonds. The standard InChI is InChI=1S/C13H16ClN/c14-12-8-4-3-7-11(12)13(15)9-5-1-2-6-10(9)13/h3-4,7-10H,1-2,5-6,15H2. The van der Waals surface area contributed by atoms with Gasteiger partial charge in [-0.05, 0) is 36.3 Å². The van der Waals surface area contributed by atoms with Crippen molar-refractivity contribution in [2.45, 2.75) is 31.2 Å². The summed E-state index contributed by atoms with van der Waals surface area (Å²) in [6.07, 6.45) is 5.24. The zero-order valence-electron chi connectivity index (χ0n) is 8.75. The van der Waals surface area contributed by atoms with E-state index in [0.29, 0.717) is 11.8 Å². The lowest BCUT2D eigenvalue weighted by Crippen LogP contribution is -2.24. The van der Waals surface area contributed by atoms with Gasteiger partial charge in [0.05, 0.1) is 0 Å². The number of rotatable bonds is 1. The van der Waals surface area contributed by atoms with Crippen molar-refractivity contribution in [1.29, 1.82) is 0 Å². The maximum atomic E-state index is 6.53. The Morgan fingerprint density at radius 3 is 2.33 bits per heavy atom. The minimum absolute atomic E-state index is 0.102. The van der Waals surface area contributed by atoms with Gasteiger partial charge in [0.25, 0.3) is 0 Å². The van der Waals surface area contributed by atoms with Gasteiger partial charge in [-0.2, -0.15) is 0 Å². The molecule has 0 radical (unpaired) electrons. The summed E-state index contributed by atoms with van der Waals surface area (Å²) in [5.41, 5.74) is 7.60. The van der Waals surface area contributed by atoms with Crippen LogP contribution in [-0.2, 0) is 5.54 Å². The predicted molar refractivity (Wildman–Crippen MR) is 62.8 cm³/mol. The minimum Gasteiger partial charge on any atom is -0.321 e. The van der Waals surface area contributed by atoms with Crippen LogP contribution < -0.4 is 5.73 Å². The van der Waals surface area contributed by atoms with E-state index in [0.717, 1.165) is 5.02 Å². The van der Waals surface area contributed by atoms with Gasteiger partial charge in [0.2, 0.25) is 0 Å². The maximum absolute atomic E-state index is 6.53. The van der Waals surface area contributed by atoms with Crippen LogP contribution in [0, 0.1) is 11.8 Å². The Morgan fingerprint density at radius 2 is 1.73 bits per heavy atom. The van der Waals surface area contributed by atoms with Crippen LogP contribution in [0.1, 0.15) is 31.2 Å². The second-order valence-corrected chi connectivity index (χ2v) is 5.32. The molecule has 2 heteroatoms. The van der Waals surface area contributed by atoms with Gasteiger partial charge in [-0.3, -0.25) is 0 Å². The van der Waals surface area contributed by atoms with E-state index in [1.807, 2.05) is 18.2 Å². The van der Waals surface area contributed by atoms with Gasteiger partial charge in [-0.25, -0.2) is 0 Å². The smallest absolute Gasteiger partial charge is 0.0488 e. The molecule has 3 rings (SSSR count). The van der Waals surface area contributed by atoms with Crippen LogP contribution in [0.3, 0.4) is 0 Å². The Hall–Kier alpha value is -0.530. The zero-order chi connectivity index (χ0) is 10.5. The molecule has 2 atom stereocenters. The highest BCUT2D eigenvalue weighted by Crippen LogP contribution is 2.63. The number of benzene rings is 1. The fourth-order valence-corrected chi connectivity index (χ4v) is 3.68. The lowest BCUT2D eigenvalue weighted by molar-refractivity contribution is 0.480. The molecule has 15 heavy (non-hydrogen) atoms. The molecule has 2 unspecified atom stereocenters. The van der Waals surface area contributed by atoms with Crippen molar-refractivity contribution in [3.8, 4) is 0 Å². The molecule has 2 fully saturated rings. The summed E-state index contributed by atoms with van der Waals surface area (Å²) >= 11 is 6.23. The Labute approximate surface area is 95.6 Å². The Morgan fingerprint density at radius 1 is 1.13 bits per heavy atom. The van der Waals surface area contributed by atoms with Crippen molar-refractivity contribution in [3.63, 3.8) is 0 Å². The number of hydrogen-bond acceptors (Lipinski definition) is 1. The van der Waals surface area contributed by atoms with E-state index in [-0.39, 0.29) is 5.54 Å². The first kappa shape index (κ1) is 9.68. The molecule has 1 aromatic rings. The van der Waals surface area contributed by atoms with Gasteiger partial charge in [0.15, 0.2) is 0 Å². The largest absolute Gasteiger partial charge is 0.321 e. The quantitative estimate of drug-likeness (QED) is 0.774. The van der Waals surface area contributed by atoms with Crippen molar-refractivity contribution in [2.75, 3.05) is 0 Å². The number of hydrogen-bond donors (Lipinski definition) is 1. The van der Waals surface area contributed by atoms with Gasteiger partial charge in [-0.1, -0.05) is 42.6 Å². The fourth-order valence-electron chi connectivity index (χ4n) is 3.38. The molecule has 80 valence electrons. The minimum atomic E-state index is -0.102. The average Bonchev–Trinajstić information content (AvgIpc) is 2.87. The highest BCUT2D eigenvalue weighted by atomic mass is 35.5. The SMILES string of the molecule is NC1(c2ccccc2Cl)C2CCCCC21. The third-order valence-electron chi connectivity index (χ3n) is 4.22. The molecule has 0 heterocycles. The first-order valence-corrected chi connectivity index (χ1v) is 6.16. The summed E-state index contributed by atoms with van der Waals surface area (Å²) in [4.78, 5) is 0. The van der Waals surface area contributed by atoms with E-state index >= 15 is 0 Å². The van der Waals surface area contributed by atoms with Crippen molar-refractivity contribution < 1.29 is 0 Å². The highest BCUT2D eigenvalue weighted by molar-refractivity contribution is 6.31. The lowest BCUT2D eigenvalue weighted by Gasteiger charge is -2.13. The van der Waals surface area contributed by atoms with Crippen molar-refractivity contribution in [2.24, 2.45) is 17.6 Å². The predicted octanol–water partition coefficient (Wildman–Crippen LogP) is 3.31. The highest BCUT2D eigenvalue weighted by Gasteiger charge is 2.63. The number of fused-ring (bicyclic) bond motifs is 1. The van der Waals surface area contributed by atoms with Crippen LogP contribution in [-0.4, -0.2) is 0 Å². The molecular formula is C13H16ClN. The third-order valence-corrected chi connectivity index (χ3v) is 4.55. The van der Waals surface area contributed by atoms with E-state index < -0.39 is 0 Å². The molecule has 1 aromatic carbocycles. The molecule has 2 saturated carbocycles. The van der Waals surface area contributed by atoms with E-state index in [1.54, 1.807) is 0 Å². The Balaban J connectivity index is 1.98. The second-order valence-electron chi connectivity index (χ2n) is 4.91. The summed E-state index contributed by atoms with van der Waals surface area (Å²) in [7, 11) is 0. The van der Waals surface area contributed by atoms with Crippen LogP contribution in [0.4, 0.5) is 0 Å². The maximum Gasteiger partial charge on any atom is 0.0488 e. The van der Waals surface area contributed by atoms with Crippen LogP contribution in [0.2, 0.25) is 5.02 Å². The average molecular weight is 222 g/mol. The van der Waals surface area contributed by atoms with Gasteiger partial charge in [0.1, 0.15) is 0 Å². The van der Waals surface area contributed by atoms with E-state index in [9.17, 15) is 0 Å². The topological polar surface area (TPSA) is 26.0 Å². The van der Waals surface area contributed by atoms with Crippen molar-refractivity contribution in [1.82, 2.24) is 0 Å². The summed E-state index contributed by atoms with van der Waals surface area (Å²) in [5.74, 6) is 1.37. The molecule has 0 aromatic heterocycles. The molecular weight excluding hydrogens is 206 g/mol. The van der Waals surface area contributed by atoms with Crippen LogP contribution >= 0.6 is 11.6 Å². The number of halogens is 1. The molecule has 0 saturated heterocycles. The second kappa shape index (κ2) is 3.23. The molecule has 0 spiro atoms. The van der Waals surface area contributed by atoms with Crippen LogP contribution in [0.15, 0.2) is 24.3 Å². The molecule has 0 aliphatic heterocycles. The zero-order valence-corrected chi connectivity index (χ0v) is 9.50.